The molecule has 1 aromatic heterocycles. The summed E-state index contributed by atoms with van der Waals surface area (Å²) < 4.78 is 1.93. The second kappa shape index (κ2) is 5.13. The van der Waals surface area contributed by atoms with Crippen LogP contribution in [-0.2, 0) is 13.6 Å². The second-order valence-electron chi connectivity index (χ2n) is 4.78. The van der Waals surface area contributed by atoms with Gasteiger partial charge in [0.05, 0.1) is 24.1 Å². The lowest BCUT2D eigenvalue weighted by Gasteiger charge is -2.24. The molecule has 0 aliphatic carbocycles. The van der Waals surface area contributed by atoms with Gasteiger partial charge < -0.3 is 14.8 Å². The molecule has 0 amide bonds. The number of para-hydroxylation sites is 2. The van der Waals surface area contributed by atoms with Gasteiger partial charge in [0.1, 0.15) is 11.0 Å². The summed E-state index contributed by atoms with van der Waals surface area (Å²) in [5, 5.41) is 4.14. The van der Waals surface area contributed by atoms with Gasteiger partial charge in [-0.2, -0.15) is 0 Å². The highest BCUT2D eigenvalue weighted by atomic mass is 35.5. The Morgan fingerprint density at radius 2 is 2.21 bits per heavy atom. The van der Waals surface area contributed by atoms with Crippen LogP contribution in [0.15, 0.2) is 30.5 Å². The number of fused-ring (bicyclic) bond motifs is 1. The molecule has 0 atom stereocenters. The topological polar surface area (TPSA) is 33.1 Å². The molecule has 19 heavy (non-hydrogen) atoms. The Balaban J connectivity index is 1.90. The molecule has 1 aliphatic rings. The minimum absolute atomic E-state index is 0.677. The highest BCUT2D eigenvalue weighted by Crippen LogP contribution is 2.29. The lowest BCUT2D eigenvalue weighted by molar-refractivity contribution is 0.704. The summed E-state index contributed by atoms with van der Waals surface area (Å²) in [6.07, 6.45) is 2.83. The molecule has 0 saturated carbocycles. The van der Waals surface area contributed by atoms with E-state index in [1.54, 1.807) is 6.20 Å². The molecule has 1 aliphatic heterocycles. The fraction of sp³-hybridized carbons (Fsp3) is 0.357. The monoisotopic (exact) mass is 276 g/mol. The molecule has 3 rings (SSSR count). The van der Waals surface area contributed by atoms with E-state index in [1.807, 2.05) is 11.6 Å². The SMILES string of the molecule is Cn1c(Cl)cnc1CN1CCCNc2ccccc21. The van der Waals surface area contributed by atoms with E-state index in [0.717, 1.165) is 31.9 Å². The number of nitrogens with zero attached hydrogens (tertiary/aromatic N) is 3. The van der Waals surface area contributed by atoms with Crippen LogP contribution >= 0.6 is 11.6 Å². The summed E-state index contributed by atoms with van der Waals surface area (Å²) in [5.74, 6) is 0.988. The van der Waals surface area contributed by atoms with E-state index in [1.165, 1.54) is 11.4 Å². The summed E-state index contributed by atoms with van der Waals surface area (Å²) in [5.41, 5.74) is 2.43. The first-order chi connectivity index (χ1) is 9.25. The number of benzene rings is 1. The van der Waals surface area contributed by atoms with Gasteiger partial charge in [0.25, 0.3) is 0 Å². The first-order valence-electron chi connectivity index (χ1n) is 6.49. The van der Waals surface area contributed by atoms with Crippen molar-refractivity contribution in [3.05, 3.63) is 41.4 Å². The molecule has 100 valence electrons. The van der Waals surface area contributed by atoms with E-state index in [9.17, 15) is 0 Å². The summed E-state index contributed by atoms with van der Waals surface area (Å²) in [7, 11) is 1.95. The zero-order chi connectivity index (χ0) is 13.2. The van der Waals surface area contributed by atoms with Gasteiger partial charge in [0.15, 0.2) is 0 Å². The molecule has 4 nitrogen and oxygen atoms in total. The number of imidazole rings is 1. The van der Waals surface area contributed by atoms with Crippen molar-refractivity contribution in [3.63, 3.8) is 0 Å². The fourth-order valence-electron chi connectivity index (χ4n) is 2.42. The molecule has 2 heterocycles. The van der Waals surface area contributed by atoms with Gasteiger partial charge in [0.2, 0.25) is 0 Å². The molecule has 1 aromatic carbocycles. The number of hydrogen-bond acceptors (Lipinski definition) is 3. The van der Waals surface area contributed by atoms with Crippen LogP contribution in [-0.4, -0.2) is 22.6 Å². The van der Waals surface area contributed by atoms with Crippen LogP contribution in [0.1, 0.15) is 12.2 Å². The molecular formula is C14H17ClN4. The Morgan fingerprint density at radius 3 is 3.00 bits per heavy atom. The van der Waals surface area contributed by atoms with Gasteiger partial charge in [-0.25, -0.2) is 4.98 Å². The summed E-state index contributed by atoms with van der Waals surface area (Å²) >= 11 is 6.05. The number of anilines is 2. The van der Waals surface area contributed by atoms with E-state index in [4.69, 9.17) is 11.6 Å². The number of aromatic nitrogens is 2. The van der Waals surface area contributed by atoms with E-state index in [0.29, 0.717) is 5.15 Å². The van der Waals surface area contributed by atoms with Crippen LogP contribution in [0, 0.1) is 0 Å². The first kappa shape index (κ1) is 12.4. The van der Waals surface area contributed by atoms with Gasteiger partial charge >= 0.3 is 0 Å². The van der Waals surface area contributed by atoms with Crippen LogP contribution in [0.4, 0.5) is 11.4 Å². The smallest absolute Gasteiger partial charge is 0.129 e. The van der Waals surface area contributed by atoms with Crippen molar-refractivity contribution < 1.29 is 0 Å². The summed E-state index contributed by atoms with van der Waals surface area (Å²) in [4.78, 5) is 6.74. The van der Waals surface area contributed by atoms with Crippen molar-refractivity contribution in [1.29, 1.82) is 0 Å². The number of hydrogen-bond donors (Lipinski definition) is 1. The van der Waals surface area contributed by atoms with Crippen LogP contribution in [0.3, 0.4) is 0 Å². The van der Waals surface area contributed by atoms with Gasteiger partial charge in [-0.1, -0.05) is 23.7 Å². The van der Waals surface area contributed by atoms with Gasteiger partial charge in [0, 0.05) is 20.1 Å². The zero-order valence-corrected chi connectivity index (χ0v) is 11.7. The first-order valence-corrected chi connectivity index (χ1v) is 6.87. The van der Waals surface area contributed by atoms with Crippen LogP contribution in [0.2, 0.25) is 5.15 Å². The molecule has 0 bridgehead atoms. The molecule has 0 radical (unpaired) electrons. The van der Waals surface area contributed by atoms with Crippen LogP contribution < -0.4 is 10.2 Å². The maximum absolute atomic E-state index is 6.05. The third-order valence-electron chi connectivity index (χ3n) is 3.52. The maximum atomic E-state index is 6.05. The highest BCUT2D eigenvalue weighted by Gasteiger charge is 2.16. The predicted molar refractivity (Wildman–Crippen MR) is 78.8 cm³/mol. The minimum atomic E-state index is 0.677. The van der Waals surface area contributed by atoms with E-state index >= 15 is 0 Å². The molecule has 1 N–H and O–H groups in total. The third kappa shape index (κ3) is 2.40. The molecule has 0 saturated heterocycles. The largest absolute Gasteiger partial charge is 0.383 e. The third-order valence-corrected chi connectivity index (χ3v) is 3.88. The lowest BCUT2D eigenvalue weighted by atomic mass is 10.2. The molecule has 2 aromatic rings. The Kier molecular flexibility index (Phi) is 3.34. The molecule has 0 spiro atoms. The van der Waals surface area contributed by atoms with Crippen molar-refractivity contribution in [1.82, 2.24) is 9.55 Å². The normalized spacial score (nSPS) is 14.7. The minimum Gasteiger partial charge on any atom is -0.383 e. The average molecular weight is 277 g/mol. The second-order valence-corrected chi connectivity index (χ2v) is 5.16. The highest BCUT2D eigenvalue weighted by molar-refractivity contribution is 6.29. The summed E-state index contributed by atoms with van der Waals surface area (Å²) in [6, 6.07) is 8.41. The Bertz CT molecular complexity index is 579. The number of halogens is 1. The van der Waals surface area contributed by atoms with Crippen molar-refractivity contribution in [2.45, 2.75) is 13.0 Å². The van der Waals surface area contributed by atoms with Gasteiger partial charge in [-0.15, -0.1) is 0 Å². The Morgan fingerprint density at radius 1 is 1.37 bits per heavy atom. The van der Waals surface area contributed by atoms with E-state index < -0.39 is 0 Å². The Labute approximate surface area is 118 Å². The molecule has 0 fully saturated rings. The zero-order valence-electron chi connectivity index (χ0n) is 10.9. The Hall–Kier alpha value is -1.68. The summed E-state index contributed by atoms with van der Waals surface area (Å²) in [6.45, 7) is 2.81. The molecule has 0 unspecified atom stereocenters. The predicted octanol–water partition coefficient (Wildman–Crippen LogP) is 2.90. The number of rotatable bonds is 2. The maximum Gasteiger partial charge on any atom is 0.129 e. The van der Waals surface area contributed by atoms with Crippen molar-refractivity contribution >= 4 is 23.0 Å². The van der Waals surface area contributed by atoms with Crippen molar-refractivity contribution in [2.75, 3.05) is 23.3 Å². The fourth-order valence-corrected chi connectivity index (χ4v) is 2.56. The van der Waals surface area contributed by atoms with E-state index in [2.05, 4.69) is 39.5 Å². The lowest BCUT2D eigenvalue weighted by Crippen LogP contribution is -2.25. The van der Waals surface area contributed by atoms with Gasteiger partial charge in [-0.3, -0.25) is 0 Å². The average Bonchev–Trinajstić information content (AvgIpc) is 2.65. The van der Waals surface area contributed by atoms with Crippen LogP contribution in [0.5, 0.6) is 0 Å². The van der Waals surface area contributed by atoms with Crippen molar-refractivity contribution in [3.8, 4) is 0 Å². The number of nitrogens with one attached hydrogen (secondary N) is 1. The molecule has 5 heteroatoms. The van der Waals surface area contributed by atoms with Gasteiger partial charge in [-0.05, 0) is 18.6 Å². The standard InChI is InChI=1S/C14H17ClN4/c1-18-13(15)9-17-14(18)10-19-8-4-7-16-11-5-2-3-6-12(11)19/h2-3,5-6,9,16H,4,7-8,10H2,1H3. The van der Waals surface area contributed by atoms with Crippen molar-refractivity contribution in [2.24, 2.45) is 7.05 Å². The van der Waals surface area contributed by atoms with Crippen LogP contribution in [0.25, 0.3) is 0 Å². The van der Waals surface area contributed by atoms with E-state index in [-0.39, 0.29) is 0 Å². The molecular weight excluding hydrogens is 260 g/mol. The quantitative estimate of drug-likeness (QED) is 0.916.